The van der Waals surface area contributed by atoms with Crippen LogP contribution in [0, 0.1) is 10.1 Å². The first kappa shape index (κ1) is 14.0. The number of non-ortho nitro benzene ring substituents is 1. The lowest BCUT2D eigenvalue weighted by molar-refractivity contribution is -0.384. The third-order valence-electron chi connectivity index (χ3n) is 4.31. The van der Waals surface area contributed by atoms with Crippen molar-refractivity contribution in [3.05, 3.63) is 39.9 Å². The summed E-state index contributed by atoms with van der Waals surface area (Å²) < 4.78 is 0. The molecule has 21 heavy (non-hydrogen) atoms. The molecule has 1 aliphatic carbocycles. The Bertz CT molecular complexity index is 554. The number of hydrogen-bond donors (Lipinski definition) is 1. The van der Waals surface area contributed by atoms with Crippen molar-refractivity contribution >= 4 is 11.6 Å². The van der Waals surface area contributed by atoms with Gasteiger partial charge in [0.25, 0.3) is 5.69 Å². The van der Waals surface area contributed by atoms with Crippen molar-refractivity contribution in [3.8, 4) is 0 Å². The van der Waals surface area contributed by atoms with Crippen LogP contribution in [0.1, 0.15) is 43.7 Å². The molecule has 0 aromatic heterocycles. The molecule has 2 fully saturated rings. The standard InChI is InChI=1S/C15H19N3O3/c16-13-2-1-3-14(19)17(11-8-9-11)15(13)10-4-6-12(7-5-10)18(20)21/h4-7,11,13,15H,1-3,8-9,16H2. The number of nitro benzene ring substituents is 1. The van der Waals surface area contributed by atoms with Gasteiger partial charge >= 0.3 is 0 Å². The minimum absolute atomic E-state index is 0.0604. The monoisotopic (exact) mass is 289 g/mol. The fourth-order valence-electron chi connectivity index (χ4n) is 3.12. The van der Waals surface area contributed by atoms with E-state index in [9.17, 15) is 14.9 Å². The van der Waals surface area contributed by atoms with Gasteiger partial charge in [0.15, 0.2) is 0 Å². The summed E-state index contributed by atoms with van der Waals surface area (Å²) in [5.74, 6) is 0.161. The molecule has 1 saturated heterocycles. The van der Waals surface area contributed by atoms with E-state index in [0.29, 0.717) is 12.5 Å². The number of carbonyl (C=O) groups excluding carboxylic acids is 1. The van der Waals surface area contributed by atoms with E-state index in [0.717, 1.165) is 31.2 Å². The summed E-state index contributed by atoms with van der Waals surface area (Å²) >= 11 is 0. The lowest BCUT2D eigenvalue weighted by Gasteiger charge is -2.34. The average Bonchev–Trinajstić information content (AvgIpc) is 3.28. The maximum atomic E-state index is 12.4. The second-order valence-electron chi connectivity index (χ2n) is 5.88. The number of benzene rings is 1. The van der Waals surface area contributed by atoms with Crippen molar-refractivity contribution in [2.45, 2.75) is 50.2 Å². The van der Waals surface area contributed by atoms with E-state index in [1.165, 1.54) is 12.1 Å². The number of nitrogens with zero attached hydrogens (tertiary/aromatic N) is 2. The highest BCUT2D eigenvalue weighted by atomic mass is 16.6. The Balaban J connectivity index is 1.94. The van der Waals surface area contributed by atoms with Gasteiger partial charge in [-0.15, -0.1) is 0 Å². The molecule has 1 aliphatic heterocycles. The highest BCUT2D eigenvalue weighted by Gasteiger charge is 2.41. The van der Waals surface area contributed by atoms with Gasteiger partial charge in [0.1, 0.15) is 0 Å². The maximum absolute atomic E-state index is 12.4. The van der Waals surface area contributed by atoms with E-state index in [4.69, 9.17) is 5.73 Å². The molecule has 0 bridgehead atoms. The third-order valence-corrected chi connectivity index (χ3v) is 4.31. The summed E-state index contributed by atoms with van der Waals surface area (Å²) in [6, 6.07) is 6.46. The van der Waals surface area contributed by atoms with Crippen molar-refractivity contribution in [2.24, 2.45) is 5.73 Å². The molecule has 1 amide bonds. The predicted molar refractivity (Wildman–Crippen MR) is 77.5 cm³/mol. The second-order valence-corrected chi connectivity index (χ2v) is 5.88. The van der Waals surface area contributed by atoms with Gasteiger partial charge < -0.3 is 10.6 Å². The smallest absolute Gasteiger partial charge is 0.269 e. The molecular weight excluding hydrogens is 270 g/mol. The van der Waals surface area contributed by atoms with Gasteiger partial charge in [-0.1, -0.05) is 12.1 Å². The van der Waals surface area contributed by atoms with Crippen LogP contribution in [0.25, 0.3) is 0 Å². The van der Waals surface area contributed by atoms with Crippen LogP contribution in [-0.2, 0) is 4.79 Å². The number of nitro groups is 1. The molecule has 112 valence electrons. The Labute approximate surface area is 123 Å². The molecule has 6 nitrogen and oxygen atoms in total. The molecule has 6 heteroatoms. The van der Waals surface area contributed by atoms with Crippen molar-refractivity contribution < 1.29 is 9.72 Å². The van der Waals surface area contributed by atoms with Gasteiger partial charge in [-0.3, -0.25) is 14.9 Å². The van der Waals surface area contributed by atoms with E-state index in [1.807, 2.05) is 4.90 Å². The van der Waals surface area contributed by atoms with Crippen molar-refractivity contribution in [2.75, 3.05) is 0 Å². The minimum Gasteiger partial charge on any atom is -0.331 e. The largest absolute Gasteiger partial charge is 0.331 e. The molecule has 1 saturated carbocycles. The quantitative estimate of drug-likeness (QED) is 0.682. The van der Waals surface area contributed by atoms with Crippen LogP contribution in [0.2, 0.25) is 0 Å². The first-order chi connectivity index (χ1) is 10.1. The van der Waals surface area contributed by atoms with E-state index in [1.54, 1.807) is 12.1 Å². The molecule has 2 aliphatic rings. The zero-order valence-corrected chi connectivity index (χ0v) is 11.8. The van der Waals surface area contributed by atoms with E-state index in [2.05, 4.69) is 0 Å². The van der Waals surface area contributed by atoms with Gasteiger partial charge in [-0.05, 0) is 31.2 Å². The fourth-order valence-corrected chi connectivity index (χ4v) is 3.12. The summed E-state index contributed by atoms with van der Waals surface area (Å²) in [5.41, 5.74) is 7.26. The zero-order valence-electron chi connectivity index (χ0n) is 11.8. The highest BCUT2D eigenvalue weighted by molar-refractivity contribution is 5.78. The Kier molecular flexibility index (Phi) is 3.63. The van der Waals surface area contributed by atoms with Crippen LogP contribution < -0.4 is 5.73 Å². The first-order valence-corrected chi connectivity index (χ1v) is 7.39. The predicted octanol–water partition coefficient (Wildman–Crippen LogP) is 2.14. The number of hydrogen-bond acceptors (Lipinski definition) is 4. The Morgan fingerprint density at radius 1 is 1.19 bits per heavy atom. The Morgan fingerprint density at radius 2 is 1.86 bits per heavy atom. The van der Waals surface area contributed by atoms with E-state index >= 15 is 0 Å². The maximum Gasteiger partial charge on any atom is 0.269 e. The highest BCUT2D eigenvalue weighted by Crippen LogP contribution is 2.39. The topological polar surface area (TPSA) is 89.5 Å². The molecule has 0 radical (unpaired) electrons. The summed E-state index contributed by atoms with van der Waals surface area (Å²) in [4.78, 5) is 24.6. The van der Waals surface area contributed by atoms with Crippen LogP contribution in [-0.4, -0.2) is 27.8 Å². The number of likely N-dealkylation sites (tertiary alicyclic amines) is 1. The molecule has 3 rings (SSSR count). The summed E-state index contributed by atoms with van der Waals surface area (Å²) in [6.07, 6.45) is 4.22. The first-order valence-electron chi connectivity index (χ1n) is 7.39. The third kappa shape index (κ3) is 2.76. The Hall–Kier alpha value is -1.95. The fraction of sp³-hybridized carbons (Fsp3) is 0.533. The van der Waals surface area contributed by atoms with Crippen LogP contribution in [0.15, 0.2) is 24.3 Å². The van der Waals surface area contributed by atoms with E-state index in [-0.39, 0.29) is 23.7 Å². The number of nitrogens with two attached hydrogens (primary N) is 1. The van der Waals surface area contributed by atoms with Gasteiger partial charge in [-0.25, -0.2) is 0 Å². The number of carbonyl (C=O) groups is 1. The van der Waals surface area contributed by atoms with Gasteiger partial charge in [-0.2, -0.15) is 0 Å². The number of rotatable bonds is 3. The summed E-state index contributed by atoms with van der Waals surface area (Å²) in [5, 5.41) is 10.8. The van der Waals surface area contributed by atoms with Crippen molar-refractivity contribution in [1.82, 2.24) is 4.90 Å². The molecule has 2 unspecified atom stereocenters. The van der Waals surface area contributed by atoms with E-state index < -0.39 is 4.92 Å². The van der Waals surface area contributed by atoms with Crippen molar-refractivity contribution in [3.63, 3.8) is 0 Å². The molecule has 2 atom stereocenters. The van der Waals surface area contributed by atoms with Crippen LogP contribution in [0.4, 0.5) is 5.69 Å². The van der Waals surface area contributed by atoms with Crippen LogP contribution >= 0.6 is 0 Å². The van der Waals surface area contributed by atoms with Gasteiger partial charge in [0.2, 0.25) is 5.91 Å². The second kappa shape index (κ2) is 5.44. The van der Waals surface area contributed by atoms with Gasteiger partial charge in [0.05, 0.1) is 11.0 Å². The summed E-state index contributed by atoms with van der Waals surface area (Å²) in [6.45, 7) is 0. The molecular formula is C15H19N3O3. The lowest BCUT2D eigenvalue weighted by atomic mass is 9.96. The van der Waals surface area contributed by atoms with Crippen molar-refractivity contribution in [1.29, 1.82) is 0 Å². The average molecular weight is 289 g/mol. The normalized spacial score (nSPS) is 26.5. The molecule has 1 aromatic rings. The van der Waals surface area contributed by atoms with Crippen LogP contribution in [0.3, 0.4) is 0 Å². The molecule has 1 aromatic carbocycles. The van der Waals surface area contributed by atoms with Crippen LogP contribution in [0.5, 0.6) is 0 Å². The SMILES string of the molecule is NC1CCCC(=O)N(C2CC2)C1c1ccc([N+](=O)[O-])cc1. The van der Waals surface area contributed by atoms with Gasteiger partial charge in [0, 0.05) is 30.6 Å². The molecule has 0 spiro atoms. The lowest BCUT2D eigenvalue weighted by Crippen LogP contribution is -2.43. The summed E-state index contributed by atoms with van der Waals surface area (Å²) in [7, 11) is 0. The molecule has 2 N–H and O–H groups in total. The Morgan fingerprint density at radius 3 is 2.43 bits per heavy atom. The zero-order chi connectivity index (χ0) is 15.0. The molecule has 1 heterocycles. The minimum atomic E-state index is -0.416. The number of amides is 1.